The van der Waals surface area contributed by atoms with Crippen molar-refractivity contribution in [2.24, 2.45) is 11.8 Å². The molecule has 0 aromatic heterocycles. The van der Waals surface area contributed by atoms with Gasteiger partial charge < -0.3 is 18.9 Å². The molecule has 1 aliphatic heterocycles. The van der Waals surface area contributed by atoms with Crippen molar-refractivity contribution in [3.63, 3.8) is 0 Å². The molecule has 1 heterocycles. The first-order valence-corrected chi connectivity index (χ1v) is 6.67. The number of esters is 2. The Hall–Kier alpha value is -1.14. The molecule has 4 atom stereocenters. The van der Waals surface area contributed by atoms with Crippen LogP contribution in [-0.2, 0) is 28.5 Å². The average molecular weight is 338 g/mol. The van der Waals surface area contributed by atoms with Gasteiger partial charge in [0.15, 0.2) is 0 Å². The molecule has 0 aliphatic carbocycles. The van der Waals surface area contributed by atoms with E-state index in [1.165, 1.54) is 7.11 Å². The van der Waals surface area contributed by atoms with E-state index >= 15 is 0 Å². The van der Waals surface area contributed by atoms with Crippen LogP contribution in [0.4, 0.5) is 0 Å². The Morgan fingerprint density at radius 3 is 2.00 bits per heavy atom. The first-order chi connectivity index (χ1) is 9.35. The molecule has 4 unspecified atom stereocenters. The lowest BCUT2D eigenvalue weighted by Crippen LogP contribution is -2.20. The highest BCUT2D eigenvalue weighted by atomic mass is 16.7. The lowest BCUT2D eigenvalue weighted by molar-refractivity contribution is -0.160. The van der Waals surface area contributed by atoms with Crippen molar-refractivity contribution in [3.8, 4) is 0 Å². The zero-order valence-corrected chi connectivity index (χ0v) is 13.2. The van der Waals surface area contributed by atoms with Gasteiger partial charge in [0.2, 0.25) is 6.29 Å². The van der Waals surface area contributed by atoms with Crippen molar-refractivity contribution < 1.29 is 28.5 Å². The largest absolute Gasteiger partial charge is 0.469 e. The van der Waals surface area contributed by atoms with Crippen molar-refractivity contribution in [2.75, 3.05) is 21.3 Å². The quantitative estimate of drug-likeness (QED) is 0.712. The van der Waals surface area contributed by atoms with Crippen LogP contribution in [0.3, 0.4) is 0 Å². The normalized spacial score (nSPS) is 21.0. The summed E-state index contributed by atoms with van der Waals surface area (Å²) in [6.45, 7) is 5.83. The van der Waals surface area contributed by atoms with E-state index in [0.717, 1.165) is 0 Å². The van der Waals surface area contributed by atoms with Gasteiger partial charge in [-0.15, -0.1) is 0 Å². The van der Waals surface area contributed by atoms with Gasteiger partial charge in [0.05, 0.1) is 26.1 Å². The van der Waals surface area contributed by atoms with E-state index in [4.69, 9.17) is 14.2 Å². The molecule has 1 aliphatic rings. The van der Waals surface area contributed by atoms with Crippen LogP contribution < -0.4 is 0 Å². The third-order valence-corrected chi connectivity index (χ3v) is 3.32. The fourth-order valence-corrected chi connectivity index (χ4v) is 1.68. The highest BCUT2D eigenvalue weighted by Crippen LogP contribution is 2.21. The summed E-state index contributed by atoms with van der Waals surface area (Å²) in [6, 6.07) is 0. The first-order valence-electron chi connectivity index (χ1n) is 6.67. The maximum Gasteiger partial charge on any atom is 0.308 e. The second-order valence-corrected chi connectivity index (χ2v) is 4.97. The molecule has 142 valence electrons. The second-order valence-electron chi connectivity index (χ2n) is 4.97. The topological polar surface area (TPSA) is 71.1 Å². The number of rotatable bonds is 5. The Bertz CT molecular complexity index is 305. The zero-order valence-electron chi connectivity index (χ0n) is 13.2. The molecule has 6 nitrogen and oxygen atoms in total. The van der Waals surface area contributed by atoms with Crippen molar-refractivity contribution in [2.45, 2.75) is 68.3 Å². The molecule has 0 saturated carbocycles. The van der Waals surface area contributed by atoms with E-state index in [0.29, 0.717) is 12.8 Å². The summed E-state index contributed by atoms with van der Waals surface area (Å²) >= 11 is 0. The van der Waals surface area contributed by atoms with Crippen molar-refractivity contribution in [1.82, 2.24) is 0 Å². The van der Waals surface area contributed by atoms with Crippen molar-refractivity contribution in [1.29, 1.82) is 0 Å². The van der Waals surface area contributed by atoms with Gasteiger partial charge >= 0.3 is 11.9 Å². The highest BCUT2D eigenvalue weighted by Gasteiger charge is 2.30. The van der Waals surface area contributed by atoms with Crippen LogP contribution in [0.15, 0.2) is 0 Å². The minimum atomic E-state index is -0.308. The van der Waals surface area contributed by atoms with E-state index in [2.05, 4.69) is 4.74 Å². The van der Waals surface area contributed by atoms with Gasteiger partial charge in [-0.25, -0.2) is 0 Å². The molecule has 0 aromatic rings. The molecule has 1 saturated heterocycles. The van der Waals surface area contributed by atoms with Gasteiger partial charge in [-0.3, -0.25) is 9.59 Å². The summed E-state index contributed by atoms with van der Waals surface area (Å²) in [5, 5.41) is 0. The Balaban J connectivity index is -0.000000140. The lowest BCUT2D eigenvalue weighted by atomic mass is 10.0. The summed E-state index contributed by atoms with van der Waals surface area (Å²) in [7, 11) is 4.57. The number of hydrogen-bond acceptors (Lipinski definition) is 6. The molecular formula is C17H38O6. The smallest absolute Gasteiger partial charge is 0.308 e. The third-order valence-electron chi connectivity index (χ3n) is 3.32. The van der Waals surface area contributed by atoms with E-state index in [9.17, 15) is 9.59 Å². The minimum Gasteiger partial charge on any atom is -0.469 e. The predicted octanol–water partition coefficient (Wildman–Crippen LogP) is 3.67. The fourth-order valence-electron chi connectivity index (χ4n) is 1.68. The Morgan fingerprint density at radius 1 is 1.22 bits per heavy atom. The minimum absolute atomic E-state index is 0. The van der Waals surface area contributed by atoms with Crippen LogP contribution in [0.1, 0.15) is 55.9 Å². The maximum absolute atomic E-state index is 10.8. The lowest BCUT2D eigenvalue weighted by Gasteiger charge is -2.16. The molecule has 1 rings (SSSR count). The van der Waals surface area contributed by atoms with E-state index in [1.807, 2.05) is 20.8 Å². The SMILES string of the molecule is C.C.C.COC(=O)CC(C)C(C)OC.COC1OC(=O)CC1C. The average Bonchev–Trinajstić information content (AvgIpc) is 2.76. The van der Waals surface area contributed by atoms with Crippen LogP contribution in [0.2, 0.25) is 0 Å². The molecule has 0 amide bonds. The van der Waals surface area contributed by atoms with Gasteiger partial charge in [0, 0.05) is 20.1 Å². The molecule has 0 aromatic carbocycles. The number of hydrogen-bond donors (Lipinski definition) is 0. The standard InChI is InChI=1S/C8H16O3.C6H10O3.3CH4/c1-6(7(2)10-3)5-8(9)11-4;1-4-3-5(7)9-6(4)8-2;;;/h6-7H,5H2,1-4H3;4,6H,3H2,1-2H3;3*1H4. The highest BCUT2D eigenvalue weighted by molar-refractivity contribution is 5.71. The number of ether oxygens (including phenoxy) is 4. The summed E-state index contributed by atoms with van der Waals surface area (Å²) in [4.78, 5) is 21.3. The van der Waals surface area contributed by atoms with Gasteiger partial charge in [0.25, 0.3) is 0 Å². The fraction of sp³-hybridized carbons (Fsp3) is 0.882. The van der Waals surface area contributed by atoms with Crippen molar-refractivity contribution >= 4 is 11.9 Å². The molecule has 1 fully saturated rings. The van der Waals surface area contributed by atoms with Crippen LogP contribution in [0.25, 0.3) is 0 Å². The van der Waals surface area contributed by atoms with Gasteiger partial charge in [-0.1, -0.05) is 36.1 Å². The molecular weight excluding hydrogens is 300 g/mol. The van der Waals surface area contributed by atoms with E-state index in [1.54, 1.807) is 14.2 Å². The first kappa shape index (κ1) is 29.8. The predicted molar refractivity (Wildman–Crippen MR) is 93.1 cm³/mol. The zero-order chi connectivity index (χ0) is 15.7. The molecule has 0 N–H and O–H groups in total. The summed E-state index contributed by atoms with van der Waals surface area (Å²) in [5.74, 6) is 0.0886. The van der Waals surface area contributed by atoms with Crippen LogP contribution in [0, 0.1) is 11.8 Å². The molecule has 23 heavy (non-hydrogen) atoms. The summed E-state index contributed by atoms with van der Waals surface area (Å²) in [6.07, 6.45) is 0.705. The van der Waals surface area contributed by atoms with Crippen molar-refractivity contribution in [3.05, 3.63) is 0 Å². The monoisotopic (exact) mass is 338 g/mol. The number of carbonyl (C=O) groups excluding carboxylic acids is 2. The van der Waals surface area contributed by atoms with Gasteiger partial charge in [-0.05, 0) is 12.8 Å². The Morgan fingerprint density at radius 2 is 1.74 bits per heavy atom. The summed E-state index contributed by atoms with van der Waals surface area (Å²) in [5.41, 5.74) is 0. The number of methoxy groups -OCH3 is 3. The maximum atomic E-state index is 10.8. The van der Waals surface area contributed by atoms with E-state index in [-0.39, 0.29) is 58.4 Å². The number of cyclic esters (lactones) is 1. The Labute approximate surface area is 142 Å². The van der Waals surface area contributed by atoms with Crippen LogP contribution >= 0.6 is 0 Å². The molecule has 6 heteroatoms. The van der Waals surface area contributed by atoms with Crippen LogP contribution in [0.5, 0.6) is 0 Å². The van der Waals surface area contributed by atoms with Gasteiger partial charge in [0.1, 0.15) is 0 Å². The molecule has 0 radical (unpaired) electrons. The van der Waals surface area contributed by atoms with Gasteiger partial charge in [-0.2, -0.15) is 0 Å². The molecule has 0 spiro atoms. The summed E-state index contributed by atoms with van der Waals surface area (Å²) < 4.78 is 19.2. The number of carbonyl (C=O) groups is 2. The van der Waals surface area contributed by atoms with E-state index < -0.39 is 0 Å². The third kappa shape index (κ3) is 12.0. The second kappa shape index (κ2) is 15.7. The van der Waals surface area contributed by atoms with Crippen LogP contribution in [-0.4, -0.2) is 45.7 Å². The molecule has 0 bridgehead atoms. The Kier molecular flexibility index (Phi) is 20.4.